The molecule has 61 valence electrons. The minimum atomic E-state index is 1.03. The van der Waals surface area contributed by atoms with Gasteiger partial charge in [0, 0.05) is 0 Å². The molecule has 0 saturated carbocycles. The van der Waals surface area contributed by atoms with Crippen molar-refractivity contribution in [2.75, 3.05) is 0 Å². The molecule has 0 aliphatic carbocycles. The summed E-state index contributed by atoms with van der Waals surface area (Å²) >= 11 is 1.67. The van der Waals surface area contributed by atoms with Crippen LogP contribution in [0.4, 0.5) is 0 Å². The van der Waals surface area contributed by atoms with Crippen LogP contribution < -0.4 is 0 Å². The molecule has 1 aromatic carbocycles. The first-order chi connectivity index (χ1) is 5.83. The molecule has 0 N–H and O–H groups in total. The maximum Gasteiger partial charge on any atom is 0.0846 e. The van der Waals surface area contributed by atoms with Crippen molar-refractivity contribution in [1.29, 1.82) is 0 Å². The molecule has 1 aromatic heterocycles. The summed E-state index contributed by atoms with van der Waals surface area (Å²) in [5.41, 5.74) is 5.34. The van der Waals surface area contributed by atoms with Gasteiger partial charge in [-0.3, -0.25) is 0 Å². The fraction of sp³-hybridized carbons (Fsp3) is 0.200. The molecule has 0 amide bonds. The summed E-state index contributed by atoms with van der Waals surface area (Å²) in [6.07, 6.45) is 1.03. The molecular formula is C10H10NS. The molecule has 1 radical (unpaired) electrons. The molecule has 2 rings (SSSR count). The molecular weight excluding hydrogens is 166 g/mol. The van der Waals surface area contributed by atoms with Crippen molar-refractivity contribution in [2.24, 2.45) is 0 Å². The van der Waals surface area contributed by atoms with E-state index in [1.165, 1.54) is 10.3 Å². The lowest BCUT2D eigenvalue weighted by Crippen LogP contribution is -1.86. The highest BCUT2D eigenvalue weighted by Crippen LogP contribution is 2.23. The number of nitrogens with zero attached hydrogens (tertiary/aromatic N) is 1. The van der Waals surface area contributed by atoms with Crippen LogP contribution in [0.5, 0.6) is 0 Å². The van der Waals surface area contributed by atoms with E-state index in [0.29, 0.717) is 0 Å². The van der Waals surface area contributed by atoms with E-state index < -0.39 is 0 Å². The Hall–Kier alpha value is -0.890. The zero-order chi connectivity index (χ0) is 8.55. The summed E-state index contributed by atoms with van der Waals surface area (Å²) in [7, 11) is 0. The van der Waals surface area contributed by atoms with Gasteiger partial charge in [0.05, 0.1) is 15.7 Å². The Kier molecular flexibility index (Phi) is 1.85. The Morgan fingerprint density at radius 3 is 3.08 bits per heavy atom. The number of fused-ring (bicyclic) bond motifs is 1. The van der Waals surface area contributed by atoms with Gasteiger partial charge in [-0.25, -0.2) is 4.98 Å². The third kappa shape index (κ3) is 1.03. The monoisotopic (exact) mass is 176 g/mol. The van der Waals surface area contributed by atoms with Gasteiger partial charge in [0.25, 0.3) is 0 Å². The minimum Gasteiger partial charge on any atom is -0.244 e. The topological polar surface area (TPSA) is 12.9 Å². The van der Waals surface area contributed by atoms with Gasteiger partial charge in [0.1, 0.15) is 0 Å². The van der Waals surface area contributed by atoms with Crippen LogP contribution in [0.2, 0.25) is 0 Å². The zero-order valence-corrected chi connectivity index (χ0v) is 7.82. The summed E-state index contributed by atoms with van der Waals surface area (Å²) in [6.45, 7) is 6.18. The Morgan fingerprint density at radius 1 is 1.50 bits per heavy atom. The Morgan fingerprint density at radius 2 is 2.33 bits per heavy atom. The second-order valence-corrected chi connectivity index (χ2v) is 3.64. The molecule has 0 unspecified atom stereocenters. The van der Waals surface area contributed by atoms with Crippen molar-refractivity contribution in [1.82, 2.24) is 4.98 Å². The number of aromatic nitrogens is 1. The van der Waals surface area contributed by atoms with Gasteiger partial charge in [0.2, 0.25) is 0 Å². The molecule has 0 spiro atoms. The van der Waals surface area contributed by atoms with E-state index in [4.69, 9.17) is 0 Å². The van der Waals surface area contributed by atoms with Gasteiger partial charge >= 0.3 is 0 Å². The number of benzene rings is 1. The highest BCUT2D eigenvalue weighted by atomic mass is 32.1. The summed E-state index contributed by atoms with van der Waals surface area (Å²) in [5.74, 6) is 0. The van der Waals surface area contributed by atoms with Crippen LogP contribution in [-0.2, 0) is 6.42 Å². The smallest absolute Gasteiger partial charge is 0.0846 e. The van der Waals surface area contributed by atoms with E-state index in [2.05, 4.69) is 31.0 Å². The van der Waals surface area contributed by atoms with Crippen molar-refractivity contribution in [2.45, 2.75) is 13.3 Å². The average molecular weight is 176 g/mol. The van der Waals surface area contributed by atoms with Gasteiger partial charge in [-0.2, -0.15) is 0 Å². The number of thiazole rings is 1. The summed E-state index contributed by atoms with van der Waals surface area (Å²) < 4.78 is 1.23. The van der Waals surface area contributed by atoms with Crippen LogP contribution in [0.15, 0.2) is 17.6 Å². The molecule has 0 aliphatic heterocycles. The molecule has 2 heteroatoms. The van der Waals surface area contributed by atoms with Gasteiger partial charge in [0.15, 0.2) is 0 Å². The zero-order valence-electron chi connectivity index (χ0n) is 7.00. The Bertz CT molecular complexity index is 403. The quantitative estimate of drug-likeness (QED) is 0.650. The second-order valence-electron chi connectivity index (χ2n) is 2.76. The van der Waals surface area contributed by atoms with E-state index in [9.17, 15) is 0 Å². The predicted octanol–water partition coefficient (Wildman–Crippen LogP) is 3.04. The van der Waals surface area contributed by atoms with Crippen molar-refractivity contribution in [3.63, 3.8) is 0 Å². The Balaban J connectivity index is 2.78. The normalized spacial score (nSPS) is 10.8. The molecule has 1 heterocycles. The molecule has 0 atom stereocenters. The number of rotatable bonds is 1. The van der Waals surface area contributed by atoms with Crippen molar-refractivity contribution in [3.05, 3.63) is 35.7 Å². The highest BCUT2D eigenvalue weighted by Gasteiger charge is 2.03. The lowest BCUT2D eigenvalue weighted by atomic mass is 10.1. The predicted molar refractivity (Wildman–Crippen MR) is 53.5 cm³/mol. The number of aryl methyl sites for hydroxylation is 1. The van der Waals surface area contributed by atoms with Crippen molar-refractivity contribution >= 4 is 21.6 Å². The maximum atomic E-state index is 4.28. The van der Waals surface area contributed by atoms with Crippen LogP contribution in [0.3, 0.4) is 0 Å². The standard InChI is InChI=1S/C10H10NS/c1-3-8-4-5-9-10(7(8)2)11-6-12-9/h4-6H,2-3H2,1H3. The van der Waals surface area contributed by atoms with Gasteiger partial charge < -0.3 is 0 Å². The Labute approximate surface area is 76.1 Å². The third-order valence-electron chi connectivity index (χ3n) is 2.09. The molecule has 0 saturated heterocycles. The molecule has 0 bridgehead atoms. The van der Waals surface area contributed by atoms with E-state index in [-0.39, 0.29) is 0 Å². The van der Waals surface area contributed by atoms with E-state index >= 15 is 0 Å². The van der Waals surface area contributed by atoms with Crippen LogP contribution in [0, 0.1) is 6.92 Å². The van der Waals surface area contributed by atoms with Crippen LogP contribution in [-0.4, -0.2) is 4.98 Å². The molecule has 12 heavy (non-hydrogen) atoms. The molecule has 0 fully saturated rings. The summed E-state index contributed by atoms with van der Waals surface area (Å²) in [6, 6.07) is 4.27. The fourth-order valence-electron chi connectivity index (χ4n) is 1.36. The number of hydrogen-bond acceptors (Lipinski definition) is 2. The van der Waals surface area contributed by atoms with Gasteiger partial charge in [-0.15, -0.1) is 11.3 Å². The van der Waals surface area contributed by atoms with E-state index in [1.54, 1.807) is 11.3 Å². The van der Waals surface area contributed by atoms with Crippen molar-refractivity contribution in [3.8, 4) is 0 Å². The van der Waals surface area contributed by atoms with Crippen LogP contribution in [0.25, 0.3) is 10.2 Å². The maximum absolute atomic E-state index is 4.28. The van der Waals surface area contributed by atoms with Crippen LogP contribution >= 0.6 is 11.3 Å². The van der Waals surface area contributed by atoms with E-state index in [1.807, 2.05) is 5.51 Å². The van der Waals surface area contributed by atoms with Gasteiger partial charge in [-0.05, 0) is 30.5 Å². The van der Waals surface area contributed by atoms with Crippen LogP contribution in [0.1, 0.15) is 18.1 Å². The highest BCUT2D eigenvalue weighted by molar-refractivity contribution is 7.16. The van der Waals surface area contributed by atoms with Crippen molar-refractivity contribution < 1.29 is 0 Å². The largest absolute Gasteiger partial charge is 0.244 e. The SMILES string of the molecule is [CH2]c1c(CC)ccc2scnc12. The first-order valence-electron chi connectivity index (χ1n) is 4.00. The van der Waals surface area contributed by atoms with E-state index in [0.717, 1.165) is 17.5 Å². The second kappa shape index (κ2) is 2.87. The average Bonchev–Trinajstić information content (AvgIpc) is 2.53. The number of hydrogen-bond donors (Lipinski definition) is 0. The first-order valence-corrected chi connectivity index (χ1v) is 4.88. The molecule has 1 nitrogen and oxygen atoms in total. The molecule has 0 aliphatic rings. The van der Waals surface area contributed by atoms with Gasteiger partial charge in [-0.1, -0.05) is 13.0 Å². The fourth-order valence-corrected chi connectivity index (χ4v) is 2.07. The minimum absolute atomic E-state index is 1.03. The first kappa shape index (κ1) is 7.74. The summed E-state index contributed by atoms with van der Waals surface area (Å²) in [4.78, 5) is 4.28. The third-order valence-corrected chi connectivity index (χ3v) is 2.88. The molecule has 2 aromatic rings. The lowest BCUT2D eigenvalue weighted by molar-refractivity contribution is 1.13. The lowest BCUT2D eigenvalue weighted by Gasteiger charge is -2.01. The summed E-state index contributed by atoms with van der Waals surface area (Å²) in [5, 5.41) is 0.